The highest BCUT2D eigenvalue weighted by atomic mass is 32.2. The molecule has 0 saturated heterocycles. The average Bonchev–Trinajstić information content (AvgIpc) is 2.52. The van der Waals surface area contributed by atoms with E-state index in [0.717, 1.165) is 6.26 Å². The second-order valence-electron chi connectivity index (χ2n) is 5.31. The number of carbonyl (C=O) groups is 2. The molecule has 0 spiro atoms. The van der Waals surface area contributed by atoms with Crippen LogP contribution in [0.3, 0.4) is 0 Å². The lowest BCUT2D eigenvalue weighted by Crippen LogP contribution is -2.13. The lowest BCUT2D eigenvalue weighted by atomic mass is 10.0. The molecule has 2 rings (SSSR count). The van der Waals surface area contributed by atoms with Crippen molar-refractivity contribution in [3.8, 4) is 0 Å². The number of hydrogen-bond donors (Lipinski definition) is 2. The van der Waals surface area contributed by atoms with Gasteiger partial charge in [-0.05, 0) is 36.2 Å². The average molecular weight is 347 g/mol. The summed E-state index contributed by atoms with van der Waals surface area (Å²) in [6.07, 6.45) is 1.46. The van der Waals surface area contributed by atoms with E-state index in [0.29, 0.717) is 11.3 Å². The lowest BCUT2D eigenvalue weighted by Gasteiger charge is -2.08. The van der Waals surface area contributed by atoms with Gasteiger partial charge in [-0.1, -0.05) is 24.3 Å². The first-order valence-corrected chi connectivity index (χ1v) is 9.07. The Labute approximate surface area is 140 Å². The summed E-state index contributed by atoms with van der Waals surface area (Å²) in [5, 5.41) is 11.7. The SMILES string of the molecule is CS(=O)(=O)c1cccc(NC(=O)CCc2ccccc2C(=O)O)c1. The molecule has 0 saturated carbocycles. The number of carboxylic acids is 1. The van der Waals surface area contributed by atoms with Crippen LogP contribution in [0.2, 0.25) is 0 Å². The van der Waals surface area contributed by atoms with Crippen LogP contribution in [0.4, 0.5) is 5.69 Å². The Bertz CT molecular complexity index is 874. The Hall–Kier alpha value is -2.67. The van der Waals surface area contributed by atoms with E-state index in [4.69, 9.17) is 5.11 Å². The van der Waals surface area contributed by atoms with Crippen molar-refractivity contribution in [2.24, 2.45) is 0 Å². The molecular weight excluding hydrogens is 330 g/mol. The van der Waals surface area contributed by atoms with Crippen LogP contribution < -0.4 is 5.32 Å². The van der Waals surface area contributed by atoms with E-state index >= 15 is 0 Å². The number of rotatable bonds is 6. The van der Waals surface area contributed by atoms with Gasteiger partial charge in [-0.15, -0.1) is 0 Å². The van der Waals surface area contributed by atoms with Gasteiger partial charge in [0.1, 0.15) is 0 Å². The highest BCUT2D eigenvalue weighted by Crippen LogP contribution is 2.16. The van der Waals surface area contributed by atoms with E-state index < -0.39 is 15.8 Å². The molecule has 2 aromatic carbocycles. The summed E-state index contributed by atoms with van der Waals surface area (Å²) >= 11 is 0. The van der Waals surface area contributed by atoms with E-state index in [1.165, 1.54) is 18.2 Å². The predicted octanol–water partition coefficient (Wildman–Crippen LogP) is 2.36. The van der Waals surface area contributed by atoms with E-state index in [1.54, 1.807) is 30.3 Å². The molecule has 0 aromatic heterocycles. The Morgan fingerprint density at radius 1 is 1.08 bits per heavy atom. The maximum Gasteiger partial charge on any atom is 0.335 e. The minimum atomic E-state index is -3.35. The third kappa shape index (κ3) is 4.66. The smallest absolute Gasteiger partial charge is 0.335 e. The third-order valence-corrected chi connectivity index (χ3v) is 4.53. The molecule has 0 aliphatic carbocycles. The van der Waals surface area contributed by atoms with Crippen molar-refractivity contribution < 1.29 is 23.1 Å². The number of benzene rings is 2. The number of hydrogen-bond acceptors (Lipinski definition) is 4. The quantitative estimate of drug-likeness (QED) is 0.835. The number of sulfone groups is 1. The number of amides is 1. The third-order valence-electron chi connectivity index (χ3n) is 3.42. The number of aromatic carboxylic acids is 1. The van der Waals surface area contributed by atoms with E-state index in [2.05, 4.69) is 5.32 Å². The van der Waals surface area contributed by atoms with Crippen molar-refractivity contribution in [3.05, 3.63) is 59.7 Å². The molecule has 126 valence electrons. The fourth-order valence-electron chi connectivity index (χ4n) is 2.22. The Kier molecular flexibility index (Phi) is 5.35. The van der Waals surface area contributed by atoms with Crippen molar-refractivity contribution in [2.45, 2.75) is 17.7 Å². The molecule has 0 fully saturated rings. The number of nitrogens with one attached hydrogen (secondary N) is 1. The molecule has 7 heteroatoms. The summed E-state index contributed by atoms with van der Waals surface area (Å²) in [6, 6.07) is 12.5. The van der Waals surface area contributed by atoms with Crippen molar-refractivity contribution in [2.75, 3.05) is 11.6 Å². The van der Waals surface area contributed by atoms with Crippen LogP contribution in [-0.4, -0.2) is 31.7 Å². The first-order chi connectivity index (χ1) is 11.3. The number of carboxylic acid groups (broad SMARTS) is 1. The molecule has 0 radical (unpaired) electrons. The zero-order valence-corrected chi connectivity index (χ0v) is 13.8. The largest absolute Gasteiger partial charge is 0.478 e. The summed E-state index contributed by atoms with van der Waals surface area (Å²) < 4.78 is 23.0. The standard InChI is InChI=1S/C17H17NO5S/c1-24(22,23)14-7-4-6-13(11-14)18-16(19)10-9-12-5-2-3-8-15(12)17(20)21/h2-8,11H,9-10H2,1H3,(H,18,19)(H,20,21). The fraction of sp³-hybridized carbons (Fsp3) is 0.176. The van der Waals surface area contributed by atoms with Gasteiger partial charge in [0.2, 0.25) is 5.91 Å². The molecule has 1 amide bonds. The molecule has 0 unspecified atom stereocenters. The first-order valence-electron chi connectivity index (χ1n) is 7.18. The van der Waals surface area contributed by atoms with Crippen LogP contribution in [0.25, 0.3) is 0 Å². The summed E-state index contributed by atoms with van der Waals surface area (Å²) in [4.78, 5) is 23.3. The number of anilines is 1. The Balaban J connectivity index is 2.04. The normalized spacial score (nSPS) is 11.0. The summed E-state index contributed by atoms with van der Waals surface area (Å²) in [5.74, 6) is -1.35. The molecule has 0 bridgehead atoms. The monoisotopic (exact) mass is 347 g/mol. The van der Waals surface area contributed by atoms with Crippen LogP contribution in [0.15, 0.2) is 53.4 Å². The van der Waals surface area contributed by atoms with Gasteiger partial charge in [-0.2, -0.15) is 0 Å². The Morgan fingerprint density at radius 3 is 2.46 bits per heavy atom. The van der Waals surface area contributed by atoms with Gasteiger partial charge in [-0.3, -0.25) is 4.79 Å². The molecule has 0 atom stereocenters. The molecule has 2 aromatic rings. The van der Waals surface area contributed by atoms with Crippen LogP contribution in [0, 0.1) is 0 Å². The van der Waals surface area contributed by atoms with Crippen LogP contribution >= 0.6 is 0 Å². The minimum absolute atomic E-state index is 0.0907. The molecule has 24 heavy (non-hydrogen) atoms. The summed E-state index contributed by atoms with van der Waals surface area (Å²) in [5.41, 5.74) is 1.13. The minimum Gasteiger partial charge on any atom is -0.478 e. The second kappa shape index (κ2) is 7.27. The first kappa shape index (κ1) is 17.7. The fourth-order valence-corrected chi connectivity index (χ4v) is 2.89. The van der Waals surface area contributed by atoms with Gasteiger partial charge in [0.25, 0.3) is 0 Å². The molecule has 0 aliphatic heterocycles. The maximum atomic E-state index is 12.0. The van der Waals surface area contributed by atoms with Crippen molar-refractivity contribution in [3.63, 3.8) is 0 Å². The topological polar surface area (TPSA) is 101 Å². The van der Waals surface area contributed by atoms with E-state index in [9.17, 15) is 18.0 Å². The van der Waals surface area contributed by atoms with Gasteiger partial charge in [-0.25, -0.2) is 13.2 Å². The predicted molar refractivity (Wildman–Crippen MR) is 89.9 cm³/mol. The zero-order chi connectivity index (χ0) is 17.7. The highest BCUT2D eigenvalue weighted by Gasteiger charge is 2.12. The molecular formula is C17H17NO5S. The van der Waals surface area contributed by atoms with Crippen molar-refractivity contribution >= 4 is 27.4 Å². The van der Waals surface area contributed by atoms with Crippen molar-refractivity contribution in [1.82, 2.24) is 0 Å². The molecule has 2 N–H and O–H groups in total. The van der Waals surface area contributed by atoms with E-state index in [1.807, 2.05) is 0 Å². The lowest BCUT2D eigenvalue weighted by molar-refractivity contribution is -0.116. The summed E-state index contributed by atoms with van der Waals surface area (Å²) in [6.45, 7) is 0. The van der Waals surface area contributed by atoms with Gasteiger partial charge in [0.05, 0.1) is 10.5 Å². The zero-order valence-electron chi connectivity index (χ0n) is 13.0. The summed E-state index contributed by atoms with van der Waals surface area (Å²) in [7, 11) is -3.35. The Morgan fingerprint density at radius 2 is 1.79 bits per heavy atom. The van der Waals surface area contributed by atoms with Crippen LogP contribution in [0.1, 0.15) is 22.3 Å². The van der Waals surface area contributed by atoms with Gasteiger partial charge >= 0.3 is 5.97 Å². The molecule has 0 aliphatic rings. The number of carbonyl (C=O) groups excluding carboxylic acids is 1. The van der Waals surface area contributed by atoms with E-state index in [-0.39, 0.29) is 29.2 Å². The molecule has 0 heterocycles. The van der Waals surface area contributed by atoms with Crippen molar-refractivity contribution in [1.29, 1.82) is 0 Å². The second-order valence-corrected chi connectivity index (χ2v) is 7.33. The number of aryl methyl sites for hydroxylation is 1. The van der Waals surface area contributed by atoms with Gasteiger partial charge < -0.3 is 10.4 Å². The van der Waals surface area contributed by atoms with Crippen LogP contribution in [-0.2, 0) is 21.1 Å². The molecule has 6 nitrogen and oxygen atoms in total. The maximum absolute atomic E-state index is 12.0. The van der Waals surface area contributed by atoms with Gasteiger partial charge in [0, 0.05) is 18.4 Å². The van der Waals surface area contributed by atoms with Gasteiger partial charge in [0.15, 0.2) is 9.84 Å². The van der Waals surface area contributed by atoms with Crippen LogP contribution in [0.5, 0.6) is 0 Å². The highest BCUT2D eigenvalue weighted by molar-refractivity contribution is 7.90.